The number of benzene rings is 2. The fourth-order valence-corrected chi connectivity index (χ4v) is 3.84. The van der Waals surface area contributed by atoms with Crippen molar-refractivity contribution in [1.29, 1.82) is 0 Å². The summed E-state index contributed by atoms with van der Waals surface area (Å²) < 4.78 is 0. The van der Waals surface area contributed by atoms with Crippen molar-refractivity contribution >= 4 is 17.1 Å². The molecule has 2 atom stereocenters. The van der Waals surface area contributed by atoms with Crippen molar-refractivity contribution in [1.82, 2.24) is 0 Å². The van der Waals surface area contributed by atoms with E-state index in [1.807, 2.05) is 0 Å². The van der Waals surface area contributed by atoms with Crippen LogP contribution in [0, 0.1) is 0 Å². The third-order valence-corrected chi connectivity index (χ3v) is 5.53. The quantitative estimate of drug-likeness (QED) is 0.659. The summed E-state index contributed by atoms with van der Waals surface area (Å²) >= 11 is 0. The van der Waals surface area contributed by atoms with Crippen LogP contribution in [0.5, 0.6) is 0 Å². The van der Waals surface area contributed by atoms with E-state index in [-0.39, 0.29) is 5.54 Å². The van der Waals surface area contributed by atoms with Crippen molar-refractivity contribution in [3.05, 3.63) is 53.6 Å². The van der Waals surface area contributed by atoms with Gasteiger partial charge in [-0.1, -0.05) is 39.0 Å². The van der Waals surface area contributed by atoms with Crippen LogP contribution in [0.25, 0.3) is 0 Å². The van der Waals surface area contributed by atoms with Crippen molar-refractivity contribution in [2.75, 3.05) is 10.6 Å². The van der Waals surface area contributed by atoms with Gasteiger partial charge in [-0.3, -0.25) is 0 Å². The van der Waals surface area contributed by atoms with E-state index in [0.717, 1.165) is 18.5 Å². The normalized spacial score (nSPS) is 22.6. The summed E-state index contributed by atoms with van der Waals surface area (Å²) in [7, 11) is 0. The van der Waals surface area contributed by atoms with E-state index in [1.165, 1.54) is 35.3 Å². The average Bonchev–Trinajstić information content (AvgIpc) is 2.61. The molecule has 2 unspecified atom stereocenters. The van der Waals surface area contributed by atoms with E-state index in [0.29, 0.717) is 5.92 Å². The molecule has 0 saturated carbocycles. The van der Waals surface area contributed by atoms with Gasteiger partial charge in [0.15, 0.2) is 0 Å². The fraction of sp³-hybridized carbons (Fsp3) is 0.455. The van der Waals surface area contributed by atoms with Crippen LogP contribution in [0.4, 0.5) is 17.1 Å². The second-order valence-electron chi connectivity index (χ2n) is 7.29. The summed E-state index contributed by atoms with van der Waals surface area (Å²) in [4.78, 5) is 0. The standard InChI is InChI=1S/C22H30N2/c1-5-16-13-19(23-18-11-9-8-10-12-18)14-20-17(6-2)15-22(4,7-3)24-21(16)20/h8-14,17,23-24H,5-7,15H2,1-4H3. The van der Waals surface area contributed by atoms with Gasteiger partial charge < -0.3 is 10.6 Å². The molecule has 1 aliphatic heterocycles. The number of anilines is 3. The highest BCUT2D eigenvalue weighted by atomic mass is 15.0. The Balaban J connectivity index is 2.02. The van der Waals surface area contributed by atoms with Crippen LogP contribution >= 0.6 is 0 Å². The number of para-hydroxylation sites is 1. The smallest absolute Gasteiger partial charge is 0.0413 e. The number of nitrogens with one attached hydrogen (secondary N) is 2. The summed E-state index contributed by atoms with van der Waals surface area (Å²) in [5.74, 6) is 0.633. The van der Waals surface area contributed by atoms with Gasteiger partial charge in [-0.25, -0.2) is 0 Å². The van der Waals surface area contributed by atoms with E-state index in [4.69, 9.17) is 0 Å². The van der Waals surface area contributed by atoms with Crippen LogP contribution in [0.1, 0.15) is 64.0 Å². The summed E-state index contributed by atoms with van der Waals surface area (Å²) in [5.41, 5.74) is 6.86. The second-order valence-corrected chi connectivity index (χ2v) is 7.29. The van der Waals surface area contributed by atoms with Gasteiger partial charge in [0.05, 0.1) is 0 Å². The molecule has 2 aromatic carbocycles. The van der Waals surface area contributed by atoms with E-state index in [1.54, 1.807) is 0 Å². The molecule has 0 radical (unpaired) electrons. The molecule has 2 aromatic rings. The lowest BCUT2D eigenvalue weighted by atomic mass is 9.76. The number of hydrogen-bond acceptors (Lipinski definition) is 2. The van der Waals surface area contributed by atoms with Gasteiger partial charge in [0.2, 0.25) is 0 Å². The van der Waals surface area contributed by atoms with Gasteiger partial charge in [-0.05, 0) is 73.9 Å². The highest BCUT2D eigenvalue weighted by Crippen LogP contribution is 2.45. The zero-order valence-corrected chi connectivity index (χ0v) is 15.4. The lowest BCUT2D eigenvalue weighted by Crippen LogP contribution is -2.40. The summed E-state index contributed by atoms with van der Waals surface area (Å²) in [6.07, 6.45) is 4.62. The van der Waals surface area contributed by atoms with Gasteiger partial charge in [0.1, 0.15) is 0 Å². The third kappa shape index (κ3) is 3.28. The molecule has 128 valence electrons. The Morgan fingerprint density at radius 2 is 1.83 bits per heavy atom. The molecule has 2 nitrogen and oxygen atoms in total. The molecule has 24 heavy (non-hydrogen) atoms. The molecule has 0 fully saturated rings. The molecule has 0 saturated heterocycles. The van der Waals surface area contributed by atoms with E-state index < -0.39 is 0 Å². The molecule has 0 bridgehead atoms. The molecule has 0 spiro atoms. The molecule has 0 amide bonds. The first kappa shape index (κ1) is 16.9. The first-order valence-electron chi connectivity index (χ1n) is 9.35. The van der Waals surface area contributed by atoms with Crippen LogP contribution < -0.4 is 10.6 Å². The van der Waals surface area contributed by atoms with Crippen LogP contribution in [-0.2, 0) is 6.42 Å². The molecule has 2 heteroatoms. The van der Waals surface area contributed by atoms with Crippen molar-refractivity contribution in [3.8, 4) is 0 Å². The minimum Gasteiger partial charge on any atom is -0.379 e. The van der Waals surface area contributed by atoms with Crippen LogP contribution in [0.2, 0.25) is 0 Å². The van der Waals surface area contributed by atoms with Crippen LogP contribution in [-0.4, -0.2) is 5.54 Å². The number of rotatable bonds is 5. The first-order chi connectivity index (χ1) is 11.6. The highest BCUT2D eigenvalue weighted by molar-refractivity contribution is 5.71. The Morgan fingerprint density at radius 3 is 2.46 bits per heavy atom. The molecular weight excluding hydrogens is 292 g/mol. The molecule has 2 N–H and O–H groups in total. The predicted octanol–water partition coefficient (Wildman–Crippen LogP) is 6.47. The zero-order valence-electron chi connectivity index (χ0n) is 15.4. The summed E-state index contributed by atoms with van der Waals surface area (Å²) in [5, 5.41) is 7.45. The zero-order chi connectivity index (χ0) is 17.2. The molecule has 0 aliphatic carbocycles. The van der Waals surface area contributed by atoms with Crippen LogP contribution in [0.3, 0.4) is 0 Å². The Morgan fingerprint density at radius 1 is 1.08 bits per heavy atom. The fourth-order valence-electron chi connectivity index (χ4n) is 3.84. The van der Waals surface area contributed by atoms with Crippen molar-refractivity contribution < 1.29 is 0 Å². The van der Waals surface area contributed by atoms with Gasteiger partial charge >= 0.3 is 0 Å². The minimum atomic E-state index is 0.214. The maximum Gasteiger partial charge on any atom is 0.0413 e. The van der Waals surface area contributed by atoms with E-state index >= 15 is 0 Å². The lowest BCUT2D eigenvalue weighted by molar-refractivity contribution is 0.388. The maximum absolute atomic E-state index is 3.87. The molecule has 0 aromatic heterocycles. The third-order valence-electron chi connectivity index (χ3n) is 5.53. The van der Waals surface area contributed by atoms with Gasteiger partial charge in [-0.15, -0.1) is 0 Å². The largest absolute Gasteiger partial charge is 0.379 e. The maximum atomic E-state index is 3.87. The van der Waals surface area contributed by atoms with E-state index in [2.05, 4.69) is 80.8 Å². The second kappa shape index (κ2) is 6.88. The summed E-state index contributed by atoms with van der Waals surface area (Å²) in [6, 6.07) is 15.1. The van der Waals surface area contributed by atoms with Crippen molar-refractivity contribution in [2.24, 2.45) is 0 Å². The number of hydrogen-bond donors (Lipinski definition) is 2. The monoisotopic (exact) mass is 322 g/mol. The SMILES string of the molecule is CCc1cc(Nc2ccccc2)cc2c1NC(C)(CC)CC2CC. The van der Waals surface area contributed by atoms with Gasteiger partial charge in [0.25, 0.3) is 0 Å². The number of fused-ring (bicyclic) bond motifs is 1. The molecule has 1 heterocycles. The Hall–Kier alpha value is -1.96. The number of aryl methyl sites for hydroxylation is 1. The molecule has 3 rings (SSSR count). The molecular formula is C22H30N2. The minimum absolute atomic E-state index is 0.214. The lowest BCUT2D eigenvalue weighted by Gasteiger charge is -2.42. The Kier molecular flexibility index (Phi) is 4.84. The van der Waals surface area contributed by atoms with Crippen molar-refractivity contribution in [2.45, 2.75) is 64.8 Å². The molecule has 1 aliphatic rings. The van der Waals surface area contributed by atoms with Gasteiger partial charge in [-0.2, -0.15) is 0 Å². The van der Waals surface area contributed by atoms with E-state index in [9.17, 15) is 0 Å². The topological polar surface area (TPSA) is 24.1 Å². The summed E-state index contributed by atoms with van der Waals surface area (Å²) in [6.45, 7) is 9.23. The first-order valence-corrected chi connectivity index (χ1v) is 9.35. The van der Waals surface area contributed by atoms with Crippen LogP contribution in [0.15, 0.2) is 42.5 Å². The van der Waals surface area contributed by atoms with Crippen molar-refractivity contribution in [3.63, 3.8) is 0 Å². The predicted molar refractivity (Wildman–Crippen MR) is 106 cm³/mol. The van der Waals surface area contributed by atoms with Gasteiger partial charge in [0, 0.05) is 22.6 Å². The Bertz CT molecular complexity index is 693. The average molecular weight is 322 g/mol. The Labute approximate surface area is 146 Å². The highest BCUT2D eigenvalue weighted by Gasteiger charge is 2.34.